The van der Waals surface area contributed by atoms with Gasteiger partial charge in [-0.25, -0.2) is 13.2 Å². The van der Waals surface area contributed by atoms with Gasteiger partial charge < -0.3 is 30.3 Å². The lowest BCUT2D eigenvalue weighted by Gasteiger charge is -2.36. The monoisotopic (exact) mass is 560 g/mol. The Morgan fingerprint density at radius 2 is 2.00 bits per heavy atom. The fourth-order valence-corrected chi connectivity index (χ4v) is 6.44. The molecular weight excluding hydrogens is 524 g/mol. The van der Waals surface area contributed by atoms with E-state index in [4.69, 9.17) is 15.9 Å². The number of nitrogens with one attached hydrogen (secondary N) is 2. The Morgan fingerprint density at radius 1 is 1.23 bits per heavy atom. The smallest absolute Gasteiger partial charge is 0.450 e. The quantitative estimate of drug-likeness (QED) is 0.167. The predicted molar refractivity (Wildman–Crippen MR) is 144 cm³/mol. The number of fused-ring (bicyclic) bond motifs is 1. The van der Waals surface area contributed by atoms with Crippen molar-refractivity contribution in [1.82, 2.24) is 19.4 Å². The minimum atomic E-state index is -4.12. The highest BCUT2D eigenvalue weighted by Gasteiger charge is 2.36. The van der Waals surface area contributed by atoms with Gasteiger partial charge in [-0.3, -0.25) is 10.2 Å². The van der Waals surface area contributed by atoms with Crippen molar-refractivity contribution in [1.29, 1.82) is 5.41 Å². The number of nitrogens with zero attached hydrogens (tertiary/aromatic N) is 3. The van der Waals surface area contributed by atoms with Crippen molar-refractivity contribution < 1.29 is 27.9 Å². The van der Waals surface area contributed by atoms with Crippen molar-refractivity contribution in [3.05, 3.63) is 52.6 Å². The van der Waals surface area contributed by atoms with E-state index in [1.54, 1.807) is 23.1 Å². The highest BCUT2D eigenvalue weighted by molar-refractivity contribution is 7.89. The number of sulfonamides is 1. The lowest BCUT2D eigenvalue weighted by atomic mass is 10.00. The third-order valence-electron chi connectivity index (χ3n) is 7.32. The van der Waals surface area contributed by atoms with Crippen LogP contribution in [0, 0.1) is 5.41 Å². The van der Waals surface area contributed by atoms with Crippen LogP contribution in [-0.4, -0.2) is 91.7 Å². The van der Waals surface area contributed by atoms with Crippen LogP contribution in [0.1, 0.15) is 37.3 Å². The van der Waals surface area contributed by atoms with Gasteiger partial charge in [0.2, 0.25) is 15.9 Å². The molecule has 0 saturated carbocycles. The molecule has 5 N–H and O–H groups in total. The lowest BCUT2D eigenvalue weighted by molar-refractivity contribution is -0.144. The van der Waals surface area contributed by atoms with Crippen LogP contribution in [0.3, 0.4) is 0 Å². The maximum absolute atomic E-state index is 13.9. The van der Waals surface area contributed by atoms with E-state index >= 15 is 0 Å². The summed E-state index contributed by atoms with van der Waals surface area (Å²) in [6, 6.07) is 3.79. The van der Waals surface area contributed by atoms with E-state index in [0.717, 1.165) is 35.2 Å². The number of carboxylic acid groups (broad SMARTS) is 1. The van der Waals surface area contributed by atoms with Crippen LogP contribution in [0.15, 0.2) is 46.4 Å². The zero-order valence-electron chi connectivity index (χ0n) is 22.2. The number of amides is 1. The minimum Gasteiger partial charge on any atom is -0.450 e. The van der Waals surface area contributed by atoms with Gasteiger partial charge in [-0.2, -0.15) is 4.72 Å². The van der Waals surface area contributed by atoms with Gasteiger partial charge in [-0.05, 0) is 56.5 Å². The Hall–Kier alpha value is -3.42. The first-order valence-corrected chi connectivity index (χ1v) is 14.4. The zero-order valence-corrected chi connectivity index (χ0v) is 23.0. The van der Waals surface area contributed by atoms with Gasteiger partial charge in [0, 0.05) is 39.1 Å². The number of likely N-dealkylation sites (N-methyl/N-ethyl adjacent to an activating group) is 1. The Bertz CT molecular complexity index is 1310. The molecule has 0 aliphatic carbocycles. The molecule has 1 aromatic rings. The SMILES string of the molecule is CC1=CCN(C(=O)[C@H](CC2=CCCN(C(=N)N)C2)NS(=O)(=O)c2ccc3c(c2)CN(C)CC3)[C@H](OC(=O)O)C1. The van der Waals surface area contributed by atoms with E-state index < -0.39 is 34.4 Å². The Labute approximate surface area is 228 Å². The van der Waals surface area contributed by atoms with Crippen molar-refractivity contribution in [2.75, 3.05) is 33.2 Å². The van der Waals surface area contributed by atoms with Crippen molar-refractivity contribution in [2.24, 2.45) is 5.73 Å². The number of nitrogens with two attached hydrogens (primary N) is 1. The number of benzene rings is 1. The molecule has 3 aliphatic rings. The Morgan fingerprint density at radius 3 is 2.72 bits per heavy atom. The van der Waals surface area contributed by atoms with Gasteiger partial charge >= 0.3 is 6.16 Å². The number of ether oxygens (including phenoxy) is 1. The molecule has 13 heteroatoms. The van der Waals surface area contributed by atoms with Gasteiger partial charge in [-0.15, -0.1) is 0 Å². The molecule has 3 heterocycles. The number of rotatable bonds is 7. The summed E-state index contributed by atoms with van der Waals surface area (Å²) in [7, 11) is -2.15. The first kappa shape index (κ1) is 28.6. The molecule has 0 spiro atoms. The normalized spacial score (nSPS) is 20.9. The molecular formula is C26H36N6O6S. The average molecular weight is 561 g/mol. The maximum Gasteiger partial charge on any atom is 0.507 e. The van der Waals surface area contributed by atoms with Crippen molar-refractivity contribution in [3.8, 4) is 0 Å². The molecule has 4 rings (SSSR count). The molecule has 0 fully saturated rings. The third kappa shape index (κ3) is 6.97. The number of hydrogen-bond donors (Lipinski definition) is 4. The minimum absolute atomic E-state index is 0.0362. The van der Waals surface area contributed by atoms with Crippen LogP contribution in [0.25, 0.3) is 0 Å². The van der Waals surface area contributed by atoms with Crippen LogP contribution in [0.2, 0.25) is 0 Å². The van der Waals surface area contributed by atoms with Crippen LogP contribution < -0.4 is 10.5 Å². The second-order valence-corrected chi connectivity index (χ2v) is 12.1. The van der Waals surface area contributed by atoms with E-state index in [2.05, 4.69) is 9.62 Å². The summed E-state index contributed by atoms with van der Waals surface area (Å²) in [5, 5.41) is 17.0. The van der Waals surface area contributed by atoms with Crippen LogP contribution in [-0.2, 0) is 32.5 Å². The number of carbonyl (C=O) groups excluding carboxylic acids is 1. The van der Waals surface area contributed by atoms with Gasteiger partial charge in [0.15, 0.2) is 12.2 Å². The molecule has 0 bridgehead atoms. The molecule has 0 saturated heterocycles. The fraction of sp³-hybridized carbons (Fsp3) is 0.500. The number of carbonyl (C=O) groups is 2. The molecule has 0 radical (unpaired) electrons. The molecule has 3 aliphatic heterocycles. The van der Waals surface area contributed by atoms with Gasteiger partial charge in [0.05, 0.1) is 4.90 Å². The van der Waals surface area contributed by atoms with E-state index in [0.29, 0.717) is 26.1 Å². The zero-order chi connectivity index (χ0) is 28.3. The summed E-state index contributed by atoms with van der Waals surface area (Å²) >= 11 is 0. The van der Waals surface area contributed by atoms with Crippen LogP contribution in [0.4, 0.5) is 4.79 Å². The Balaban J connectivity index is 1.63. The summed E-state index contributed by atoms with van der Waals surface area (Å²) in [4.78, 5) is 30.3. The fourth-order valence-electron chi connectivity index (χ4n) is 5.20. The molecule has 0 unspecified atom stereocenters. The molecule has 212 valence electrons. The predicted octanol–water partition coefficient (Wildman–Crippen LogP) is 1.44. The first-order valence-electron chi connectivity index (χ1n) is 12.9. The summed E-state index contributed by atoms with van der Waals surface area (Å²) < 4.78 is 34.8. The highest BCUT2D eigenvalue weighted by Crippen LogP contribution is 2.25. The van der Waals surface area contributed by atoms with Gasteiger partial charge in [-0.1, -0.05) is 29.4 Å². The standard InChI is InChI=1S/C26H36N6O6S/c1-17-7-11-32(23(12-17)38-26(34)35)24(33)22(13-18-4-3-9-31(15-18)25(27)28)29-39(36,37)21-6-5-19-8-10-30(2)16-20(19)14-21/h4-7,14,22-23,29H,3,8-13,15-16H2,1-2H3,(H3,27,28)(H,34,35)/t22-,23+/m0/s1. The lowest BCUT2D eigenvalue weighted by Crippen LogP contribution is -2.54. The third-order valence-corrected chi connectivity index (χ3v) is 8.79. The molecule has 39 heavy (non-hydrogen) atoms. The van der Waals surface area contributed by atoms with Crippen molar-refractivity contribution in [3.63, 3.8) is 0 Å². The van der Waals surface area contributed by atoms with Gasteiger partial charge in [0.25, 0.3) is 0 Å². The van der Waals surface area contributed by atoms with Crippen molar-refractivity contribution >= 4 is 28.0 Å². The second kappa shape index (κ2) is 11.8. The molecule has 0 aromatic heterocycles. The summed E-state index contributed by atoms with van der Waals surface area (Å²) in [6.45, 7) is 4.27. The maximum atomic E-state index is 13.9. The first-order chi connectivity index (χ1) is 18.4. The second-order valence-electron chi connectivity index (χ2n) is 10.3. The number of hydrogen-bond acceptors (Lipinski definition) is 7. The van der Waals surface area contributed by atoms with E-state index in [1.165, 1.54) is 4.90 Å². The summed E-state index contributed by atoms with van der Waals surface area (Å²) in [6.07, 6.45) is 2.78. The van der Waals surface area contributed by atoms with Crippen LogP contribution in [0.5, 0.6) is 0 Å². The summed E-state index contributed by atoms with van der Waals surface area (Å²) in [5.74, 6) is -0.693. The molecule has 2 atom stereocenters. The topological polar surface area (TPSA) is 169 Å². The van der Waals surface area contributed by atoms with Crippen molar-refractivity contribution in [2.45, 2.75) is 56.3 Å². The highest BCUT2D eigenvalue weighted by atomic mass is 32.2. The van der Waals surface area contributed by atoms with E-state index in [-0.39, 0.29) is 30.2 Å². The number of guanidine groups is 1. The Kier molecular flexibility index (Phi) is 8.62. The average Bonchev–Trinajstić information content (AvgIpc) is 2.87. The van der Waals surface area contributed by atoms with E-state index in [9.17, 15) is 23.1 Å². The summed E-state index contributed by atoms with van der Waals surface area (Å²) in [5.41, 5.74) is 9.32. The molecule has 12 nitrogen and oxygen atoms in total. The molecule has 1 amide bonds. The van der Waals surface area contributed by atoms with Gasteiger partial charge in [0.1, 0.15) is 6.04 Å². The van der Waals surface area contributed by atoms with E-state index in [1.807, 2.05) is 26.1 Å². The largest absolute Gasteiger partial charge is 0.507 e. The van der Waals surface area contributed by atoms with Crippen LogP contribution >= 0.6 is 0 Å². The molecule has 1 aromatic carbocycles.